The molecule has 0 spiro atoms. The monoisotopic (exact) mass is 353 g/mol. The van der Waals surface area contributed by atoms with Crippen LogP contribution in [0.3, 0.4) is 0 Å². The Labute approximate surface area is 154 Å². The van der Waals surface area contributed by atoms with E-state index in [1.165, 1.54) is 10.8 Å². The smallest absolute Gasteiger partial charge is 0.237 e. The summed E-state index contributed by atoms with van der Waals surface area (Å²) in [6.07, 6.45) is 2.21. The first-order chi connectivity index (χ1) is 12.7. The maximum atomic E-state index is 12.3. The van der Waals surface area contributed by atoms with Gasteiger partial charge in [-0.05, 0) is 28.8 Å². The molecule has 1 atom stereocenters. The van der Waals surface area contributed by atoms with E-state index in [0.717, 1.165) is 24.9 Å². The number of piperazine rings is 1. The number of hydrogen-bond acceptors (Lipinski definition) is 3. The number of carbonyl (C=O) groups excluding carboxylic acids is 2. The molecule has 0 saturated carbocycles. The van der Waals surface area contributed by atoms with Crippen LogP contribution in [0.25, 0.3) is 10.8 Å². The Morgan fingerprint density at radius 3 is 2.85 bits per heavy atom. The van der Waals surface area contributed by atoms with Crippen LogP contribution in [-0.2, 0) is 16.1 Å². The lowest BCUT2D eigenvalue weighted by molar-refractivity contribution is -0.134. The minimum absolute atomic E-state index is 0.0518. The predicted octanol–water partition coefficient (Wildman–Crippen LogP) is 2.45. The molecule has 138 valence electrons. The maximum absolute atomic E-state index is 12.3. The van der Waals surface area contributed by atoms with E-state index >= 15 is 0 Å². The van der Waals surface area contributed by atoms with Crippen LogP contribution in [-0.4, -0.2) is 42.4 Å². The van der Waals surface area contributed by atoms with Gasteiger partial charge in [0.25, 0.3) is 0 Å². The Kier molecular flexibility index (Phi) is 6.23. The number of unbranched alkanes of at least 4 members (excludes halogenated alkanes) is 1. The lowest BCUT2D eigenvalue weighted by Crippen LogP contribution is -2.56. The predicted molar refractivity (Wildman–Crippen MR) is 104 cm³/mol. The van der Waals surface area contributed by atoms with Crippen molar-refractivity contribution >= 4 is 22.6 Å². The van der Waals surface area contributed by atoms with Crippen LogP contribution in [0.2, 0.25) is 0 Å². The highest BCUT2D eigenvalue weighted by molar-refractivity contribution is 5.89. The molecule has 0 aliphatic carbocycles. The number of nitrogens with one attached hydrogen (secondary N) is 2. The molecule has 1 aliphatic rings. The SMILES string of the molecule is CCCCNC(=O)C[C@H]1C(=O)NCCN1Cc1ccc2ccccc2c1. The van der Waals surface area contributed by atoms with Crippen LogP contribution < -0.4 is 10.6 Å². The standard InChI is InChI=1S/C21H27N3O2/c1-2-3-10-22-20(25)14-19-21(26)23-11-12-24(19)15-16-8-9-17-6-4-5-7-18(17)13-16/h4-9,13,19H,2-3,10-12,14-15H2,1H3,(H,22,25)(H,23,26)/t19-/m0/s1. The van der Waals surface area contributed by atoms with Crippen LogP contribution in [0.5, 0.6) is 0 Å². The molecule has 26 heavy (non-hydrogen) atoms. The zero-order valence-corrected chi connectivity index (χ0v) is 15.3. The highest BCUT2D eigenvalue weighted by Crippen LogP contribution is 2.19. The first kappa shape index (κ1) is 18.4. The molecule has 1 saturated heterocycles. The highest BCUT2D eigenvalue weighted by Gasteiger charge is 2.31. The molecule has 2 aromatic carbocycles. The Bertz CT molecular complexity index is 775. The van der Waals surface area contributed by atoms with Crippen molar-refractivity contribution in [2.75, 3.05) is 19.6 Å². The van der Waals surface area contributed by atoms with Gasteiger partial charge in [-0.2, -0.15) is 0 Å². The number of fused-ring (bicyclic) bond motifs is 1. The molecule has 0 radical (unpaired) electrons. The van der Waals surface area contributed by atoms with Gasteiger partial charge in [-0.3, -0.25) is 14.5 Å². The molecule has 0 bridgehead atoms. The molecule has 1 heterocycles. The first-order valence-electron chi connectivity index (χ1n) is 9.43. The van der Waals surface area contributed by atoms with Gasteiger partial charge in [0.15, 0.2) is 0 Å². The van der Waals surface area contributed by atoms with E-state index in [-0.39, 0.29) is 18.2 Å². The number of benzene rings is 2. The molecule has 0 unspecified atom stereocenters. The van der Waals surface area contributed by atoms with E-state index in [4.69, 9.17) is 0 Å². The fourth-order valence-electron chi connectivity index (χ4n) is 3.40. The van der Waals surface area contributed by atoms with Gasteiger partial charge >= 0.3 is 0 Å². The van der Waals surface area contributed by atoms with Gasteiger partial charge in [0, 0.05) is 26.2 Å². The second-order valence-corrected chi connectivity index (χ2v) is 6.87. The molecular formula is C21H27N3O2. The van der Waals surface area contributed by atoms with Gasteiger partial charge in [0.1, 0.15) is 0 Å². The van der Waals surface area contributed by atoms with Crippen molar-refractivity contribution < 1.29 is 9.59 Å². The molecule has 2 amide bonds. The first-order valence-corrected chi connectivity index (χ1v) is 9.43. The van der Waals surface area contributed by atoms with Gasteiger partial charge in [0.2, 0.25) is 11.8 Å². The van der Waals surface area contributed by atoms with Crippen molar-refractivity contribution in [3.05, 3.63) is 48.0 Å². The van der Waals surface area contributed by atoms with Gasteiger partial charge < -0.3 is 10.6 Å². The van der Waals surface area contributed by atoms with Crippen molar-refractivity contribution in [2.45, 2.75) is 38.8 Å². The fourth-order valence-corrected chi connectivity index (χ4v) is 3.40. The number of amides is 2. The van der Waals surface area contributed by atoms with Crippen molar-refractivity contribution in [1.82, 2.24) is 15.5 Å². The number of rotatable bonds is 7. The molecule has 5 nitrogen and oxygen atoms in total. The average Bonchev–Trinajstić information content (AvgIpc) is 2.65. The third-order valence-corrected chi connectivity index (χ3v) is 4.87. The summed E-state index contributed by atoms with van der Waals surface area (Å²) < 4.78 is 0. The van der Waals surface area contributed by atoms with Gasteiger partial charge in [-0.25, -0.2) is 0 Å². The van der Waals surface area contributed by atoms with E-state index in [9.17, 15) is 9.59 Å². The second kappa shape index (κ2) is 8.81. The Hall–Kier alpha value is -2.40. The zero-order chi connectivity index (χ0) is 18.4. The van der Waals surface area contributed by atoms with Crippen molar-refractivity contribution in [3.8, 4) is 0 Å². The van der Waals surface area contributed by atoms with Gasteiger partial charge in [0.05, 0.1) is 12.5 Å². The number of carbonyl (C=O) groups is 2. The van der Waals surface area contributed by atoms with Gasteiger partial charge in [-0.15, -0.1) is 0 Å². The minimum Gasteiger partial charge on any atom is -0.356 e. The van der Waals surface area contributed by atoms with Crippen molar-refractivity contribution in [3.63, 3.8) is 0 Å². The van der Waals surface area contributed by atoms with Crippen LogP contribution in [0.1, 0.15) is 31.7 Å². The Morgan fingerprint density at radius 2 is 2.04 bits per heavy atom. The van der Waals surface area contributed by atoms with Gasteiger partial charge in [-0.1, -0.05) is 49.7 Å². The molecule has 2 N–H and O–H groups in total. The third-order valence-electron chi connectivity index (χ3n) is 4.87. The average molecular weight is 353 g/mol. The largest absolute Gasteiger partial charge is 0.356 e. The van der Waals surface area contributed by atoms with Crippen LogP contribution in [0, 0.1) is 0 Å². The number of nitrogens with zero attached hydrogens (tertiary/aromatic N) is 1. The quantitative estimate of drug-likeness (QED) is 0.752. The summed E-state index contributed by atoms with van der Waals surface area (Å²) in [6, 6.07) is 14.2. The van der Waals surface area contributed by atoms with Crippen LogP contribution >= 0.6 is 0 Å². The number of hydrogen-bond donors (Lipinski definition) is 2. The summed E-state index contributed by atoms with van der Waals surface area (Å²) in [6.45, 7) is 4.82. The lowest BCUT2D eigenvalue weighted by Gasteiger charge is -2.34. The Balaban J connectivity index is 1.68. The third kappa shape index (κ3) is 4.61. The summed E-state index contributed by atoms with van der Waals surface area (Å²) in [7, 11) is 0. The Morgan fingerprint density at radius 1 is 1.23 bits per heavy atom. The molecule has 1 aliphatic heterocycles. The van der Waals surface area contributed by atoms with E-state index in [2.05, 4.69) is 52.8 Å². The molecule has 1 fully saturated rings. The van der Waals surface area contributed by atoms with Crippen LogP contribution in [0.15, 0.2) is 42.5 Å². The maximum Gasteiger partial charge on any atom is 0.237 e. The molecule has 2 aromatic rings. The zero-order valence-electron chi connectivity index (χ0n) is 15.3. The van der Waals surface area contributed by atoms with E-state index in [1.54, 1.807) is 0 Å². The molecule has 5 heteroatoms. The highest BCUT2D eigenvalue weighted by atomic mass is 16.2. The summed E-state index contributed by atoms with van der Waals surface area (Å²) in [5.41, 5.74) is 1.16. The summed E-state index contributed by atoms with van der Waals surface area (Å²) in [5, 5.41) is 8.21. The molecular weight excluding hydrogens is 326 g/mol. The van der Waals surface area contributed by atoms with E-state index in [0.29, 0.717) is 19.6 Å². The normalized spacial score (nSPS) is 17.9. The summed E-state index contributed by atoms with van der Waals surface area (Å²) >= 11 is 0. The topological polar surface area (TPSA) is 61.4 Å². The van der Waals surface area contributed by atoms with Crippen LogP contribution in [0.4, 0.5) is 0 Å². The summed E-state index contributed by atoms with van der Waals surface area (Å²) in [4.78, 5) is 26.6. The second-order valence-electron chi connectivity index (χ2n) is 6.87. The fraction of sp³-hybridized carbons (Fsp3) is 0.429. The van der Waals surface area contributed by atoms with Crippen molar-refractivity contribution in [2.24, 2.45) is 0 Å². The van der Waals surface area contributed by atoms with E-state index in [1.807, 2.05) is 12.1 Å². The minimum atomic E-state index is -0.406. The van der Waals surface area contributed by atoms with E-state index < -0.39 is 6.04 Å². The molecule has 0 aromatic heterocycles. The summed E-state index contributed by atoms with van der Waals surface area (Å²) in [5.74, 6) is -0.105. The molecule has 3 rings (SSSR count). The lowest BCUT2D eigenvalue weighted by atomic mass is 10.0. The van der Waals surface area contributed by atoms with Crippen molar-refractivity contribution in [1.29, 1.82) is 0 Å².